The first-order valence-corrected chi connectivity index (χ1v) is 6.72. The topological polar surface area (TPSA) is 16.1 Å². The summed E-state index contributed by atoms with van der Waals surface area (Å²) in [5.41, 5.74) is 1.74. The molecule has 2 heterocycles. The van der Waals surface area contributed by atoms with Crippen LogP contribution in [0.3, 0.4) is 0 Å². The van der Waals surface area contributed by atoms with E-state index in [2.05, 4.69) is 42.8 Å². The molecule has 0 radical (unpaired) electrons. The molecule has 1 saturated heterocycles. The lowest BCUT2D eigenvalue weighted by Crippen LogP contribution is -2.40. The van der Waals surface area contributed by atoms with Crippen molar-refractivity contribution < 1.29 is 0 Å². The third kappa shape index (κ3) is 3.06. The Morgan fingerprint density at radius 2 is 2.00 bits per heavy atom. The molecule has 2 nitrogen and oxygen atoms in total. The molecule has 0 aromatic carbocycles. The van der Waals surface area contributed by atoms with Crippen LogP contribution in [0, 0.1) is 11.3 Å². The van der Waals surface area contributed by atoms with Gasteiger partial charge in [-0.2, -0.15) is 0 Å². The molecule has 0 unspecified atom stereocenters. The van der Waals surface area contributed by atoms with Crippen molar-refractivity contribution >= 4 is 0 Å². The molecule has 0 spiro atoms. The van der Waals surface area contributed by atoms with Gasteiger partial charge in [-0.05, 0) is 49.4 Å². The second kappa shape index (κ2) is 5.18. The lowest BCUT2D eigenvalue weighted by molar-refractivity contribution is 0.0736. The van der Waals surface area contributed by atoms with Gasteiger partial charge >= 0.3 is 0 Å². The first kappa shape index (κ1) is 12.6. The summed E-state index contributed by atoms with van der Waals surface area (Å²) in [4.78, 5) is 6.94. The largest absolute Gasteiger partial charge is 0.297 e. The number of rotatable bonds is 3. The van der Waals surface area contributed by atoms with Crippen LogP contribution in [-0.4, -0.2) is 23.0 Å². The number of hydrogen-bond donors (Lipinski definition) is 0. The summed E-state index contributed by atoms with van der Waals surface area (Å²) in [6.45, 7) is 10.6. The molecule has 0 saturated carbocycles. The van der Waals surface area contributed by atoms with Crippen molar-refractivity contribution in [3.63, 3.8) is 0 Å². The summed E-state index contributed by atoms with van der Waals surface area (Å²) < 4.78 is 0. The average molecular weight is 232 g/mol. The van der Waals surface area contributed by atoms with Gasteiger partial charge in [-0.3, -0.25) is 9.88 Å². The molecule has 94 valence electrons. The van der Waals surface area contributed by atoms with Gasteiger partial charge in [0.05, 0.1) is 5.69 Å². The number of piperidine rings is 1. The van der Waals surface area contributed by atoms with Crippen LogP contribution in [-0.2, 0) is 6.54 Å². The van der Waals surface area contributed by atoms with E-state index in [0.717, 1.165) is 12.5 Å². The van der Waals surface area contributed by atoms with Crippen molar-refractivity contribution in [2.24, 2.45) is 11.3 Å². The van der Waals surface area contributed by atoms with Crippen LogP contribution in [0.4, 0.5) is 0 Å². The minimum Gasteiger partial charge on any atom is -0.297 e. The second-order valence-corrected chi connectivity index (χ2v) is 5.91. The maximum atomic E-state index is 4.40. The zero-order chi connectivity index (χ0) is 12.3. The Morgan fingerprint density at radius 1 is 1.29 bits per heavy atom. The zero-order valence-corrected chi connectivity index (χ0v) is 11.3. The van der Waals surface area contributed by atoms with Gasteiger partial charge < -0.3 is 0 Å². The third-order valence-corrected chi connectivity index (χ3v) is 4.50. The highest BCUT2D eigenvalue weighted by molar-refractivity contribution is 5.03. The smallest absolute Gasteiger partial charge is 0.0543 e. The molecule has 2 heteroatoms. The molecule has 1 aliphatic heterocycles. The van der Waals surface area contributed by atoms with E-state index in [4.69, 9.17) is 0 Å². The number of aromatic nitrogens is 1. The summed E-state index contributed by atoms with van der Waals surface area (Å²) in [6, 6.07) is 6.18. The van der Waals surface area contributed by atoms with E-state index in [1.165, 1.54) is 31.6 Å². The fourth-order valence-corrected chi connectivity index (χ4v) is 2.52. The van der Waals surface area contributed by atoms with Crippen LogP contribution in [0.2, 0.25) is 0 Å². The molecule has 0 N–H and O–H groups in total. The van der Waals surface area contributed by atoms with Crippen LogP contribution < -0.4 is 0 Å². The Labute approximate surface area is 105 Å². The molecule has 0 bridgehead atoms. The minimum atomic E-state index is 0.542. The molecule has 1 aromatic heterocycles. The highest BCUT2D eigenvalue weighted by atomic mass is 15.1. The van der Waals surface area contributed by atoms with Gasteiger partial charge in [-0.25, -0.2) is 0 Å². The number of nitrogens with zero attached hydrogens (tertiary/aromatic N) is 2. The van der Waals surface area contributed by atoms with E-state index >= 15 is 0 Å². The molecule has 1 fully saturated rings. The van der Waals surface area contributed by atoms with Gasteiger partial charge in [0.1, 0.15) is 0 Å². The van der Waals surface area contributed by atoms with Crippen molar-refractivity contribution in [2.45, 2.75) is 40.2 Å². The number of hydrogen-bond acceptors (Lipinski definition) is 2. The maximum Gasteiger partial charge on any atom is 0.0543 e. The Balaban J connectivity index is 1.88. The van der Waals surface area contributed by atoms with Gasteiger partial charge in [0, 0.05) is 12.7 Å². The van der Waals surface area contributed by atoms with E-state index in [-0.39, 0.29) is 0 Å². The maximum absolute atomic E-state index is 4.40. The summed E-state index contributed by atoms with van der Waals surface area (Å²) in [6.07, 6.45) is 4.52. The van der Waals surface area contributed by atoms with Gasteiger partial charge in [0.15, 0.2) is 0 Å². The first-order chi connectivity index (χ1) is 8.10. The summed E-state index contributed by atoms with van der Waals surface area (Å²) >= 11 is 0. The van der Waals surface area contributed by atoms with Crippen LogP contribution in [0.25, 0.3) is 0 Å². The van der Waals surface area contributed by atoms with E-state index in [1.807, 2.05) is 12.3 Å². The average Bonchev–Trinajstić information content (AvgIpc) is 2.33. The normalized spacial score (nSPS) is 20.7. The Hall–Kier alpha value is -0.890. The summed E-state index contributed by atoms with van der Waals surface area (Å²) in [5, 5.41) is 0. The predicted octanol–water partition coefficient (Wildman–Crippen LogP) is 3.34. The van der Waals surface area contributed by atoms with E-state index in [1.54, 1.807) is 0 Å². The molecule has 0 aliphatic carbocycles. The fraction of sp³-hybridized carbons (Fsp3) is 0.667. The van der Waals surface area contributed by atoms with E-state index < -0.39 is 0 Å². The highest BCUT2D eigenvalue weighted by Gasteiger charge is 2.32. The lowest BCUT2D eigenvalue weighted by atomic mass is 9.72. The van der Waals surface area contributed by atoms with Crippen molar-refractivity contribution in [3.05, 3.63) is 30.1 Å². The molecule has 2 rings (SSSR count). The van der Waals surface area contributed by atoms with Gasteiger partial charge in [0.2, 0.25) is 0 Å². The molecule has 17 heavy (non-hydrogen) atoms. The Morgan fingerprint density at radius 3 is 2.53 bits per heavy atom. The van der Waals surface area contributed by atoms with Crippen molar-refractivity contribution in [3.8, 4) is 0 Å². The van der Waals surface area contributed by atoms with Crippen LogP contribution in [0.5, 0.6) is 0 Å². The summed E-state index contributed by atoms with van der Waals surface area (Å²) in [5.74, 6) is 0.791. The van der Waals surface area contributed by atoms with Crippen LogP contribution >= 0.6 is 0 Å². The van der Waals surface area contributed by atoms with E-state index in [9.17, 15) is 0 Å². The van der Waals surface area contributed by atoms with Gasteiger partial charge in [0.25, 0.3) is 0 Å². The SMILES string of the molecule is CC(C)C1(C)CCN(Cc2ccccn2)CC1. The molecular formula is C15H24N2. The van der Waals surface area contributed by atoms with Gasteiger partial charge in [-0.15, -0.1) is 0 Å². The van der Waals surface area contributed by atoms with E-state index in [0.29, 0.717) is 5.41 Å². The third-order valence-electron chi connectivity index (χ3n) is 4.50. The number of likely N-dealkylation sites (tertiary alicyclic amines) is 1. The lowest BCUT2D eigenvalue weighted by Gasteiger charge is -2.42. The molecule has 1 aliphatic rings. The Bertz CT molecular complexity index is 337. The quantitative estimate of drug-likeness (QED) is 0.794. The van der Waals surface area contributed by atoms with Crippen molar-refractivity contribution in [1.82, 2.24) is 9.88 Å². The monoisotopic (exact) mass is 232 g/mol. The second-order valence-electron chi connectivity index (χ2n) is 5.91. The van der Waals surface area contributed by atoms with Crippen LogP contribution in [0.15, 0.2) is 24.4 Å². The van der Waals surface area contributed by atoms with Crippen molar-refractivity contribution in [1.29, 1.82) is 0 Å². The number of pyridine rings is 1. The predicted molar refractivity (Wildman–Crippen MR) is 71.7 cm³/mol. The standard InChI is InChI=1S/C15H24N2/c1-13(2)15(3)7-10-17(11-8-15)12-14-6-4-5-9-16-14/h4-6,9,13H,7-8,10-12H2,1-3H3. The fourth-order valence-electron chi connectivity index (χ4n) is 2.52. The molecular weight excluding hydrogens is 208 g/mol. The van der Waals surface area contributed by atoms with Crippen molar-refractivity contribution in [2.75, 3.05) is 13.1 Å². The van der Waals surface area contributed by atoms with Crippen LogP contribution in [0.1, 0.15) is 39.3 Å². The van der Waals surface area contributed by atoms with Gasteiger partial charge in [-0.1, -0.05) is 26.8 Å². The molecule has 1 aromatic rings. The molecule has 0 atom stereocenters. The highest BCUT2D eigenvalue weighted by Crippen LogP contribution is 2.38. The first-order valence-electron chi connectivity index (χ1n) is 6.72. The zero-order valence-electron chi connectivity index (χ0n) is 11.3. The Kier molecular flexibility index (Phi) is 3.82. The molecule has 0 amide bonds. The minimum absolute atomic E-state index is 0.542. The summed E-state index contributed by atoms with van der Waals surface area (Å²) in [7, 11) is 0.